The van der Waals surface area contributed by atoms with Gasteiger partial charge in [0.05, 0.1) is 0 Å². The second-order valence-corrected chi connectivity index (χ2v) is 21.1. The zero-order chi connectivity index (χ0) is 49.8. The van der Waals surface area contributed by atoms with Crippen molar-refractivity contribution < 1.29 is 9.47 Å². The van der Waals surface area contributed by atoms with Gasteiger partial charge in [0.25, 0.3) is 0 Å². The summed E-state index contributed by atoms with van der Waals surface area (Å²) in [5.74, 6) is 0. The monoisotopic (exact) mass is 966 g/mol. The number of benzene rings is 13. The molecule has 4 aliphatic rings. The number of ether oxygens (including phenoxy) is 2. The highest BCUT2D eigenvalue weighted by Gasteiger charge is 2.73. The van der Waals surface area contributed by atoms with Crippen LogP contribution in [-0.4, -0.2) is 0 Å². The first kappa shape index (κ1) is 42.2. The van der Waals surface area contributed by atoms with Crippen molar-refractivity contribution in [3.63, 3.8) is 0 Å². The van der Waals surface area contributed by atoms with E-state index in [0.717, 1.165) is 66.8 Å². The van der Waals surface area contributed by atoms with Crippen molar-refractivity contribution in [2.24, 2.45) is 0 Å². The first-order chi connectivity index (χ1) is 37.7. The van der Waals surface area contributed by atoms with E-state index in [1.807, 2.05) is 0 Å². The lowest BCUT2D eigenvalue weighted by Crippen LogP contribution is -2.35. The van der Waals surface area contributed by atoms with Crippen molar-refractivity contribution in [1.29, 1.82) is 0 Å². The average molecular weight is 967 g/mol. The largest absolute Gasteiger partial charge is 0.340 e. The van der Waals surface area contributed by atoms with Crippen LogP contribution in [0.1, 0.15) is 66.8 Å². The minimum atomic E-state index is -1.15. The molecule has 0 amide bonds. The molecular weight excluding hydrogens is 921 g/mol. The third-order valence-corrected chi connectivity index (χ3v) is 17.6. The van der Waals surface area contributed by atoms with Gasteiger partial charge in [0.15, 0.2) is 0 Å². The van der Waals surface area contributed by atoms with Gasteiger partial charge < -0.3 is 9.47 Å². The van der Waals surface area contributed by atoms with Crippen LogP contribution in [0, 0.1) is 0 Å². The standard InChI is InChI=1S/C74H46O2/c1-7-27-47(28-8-1)61-67-69(73(51-35-15-5-16-36-51)65-59-45-25-21-41-55(59)53-39-19-23-43-57(53)63(65)71(67,75-73)49-31-11-3-12-32-49)62(48-29-9-2-10-30-48)70-68(61)72(50-33-13-4-14-34-50)64-58-44-24-20-40-54(58)56-42-22-26-46-60(56)66(64)74(70,76-72)52-37-17-6-18-38-52/h1-46H/t71-,72-,73+,74+. The van der Waals surface area contributed by atoms with Gasteiger partial charge in [-0.1, -0.05) is 279 Å². The van der Waals surface area contributed by atoms with Gasteiger partial charge in [-0.2, -0.15) is 0 Å². The van der Waals surface area contributed by atoms with Crippen LogP contribution in [0.4, 0.5) is 0 Å². The van der Waals surface area contributed by atoms with E-state index in [-0.39, 0.29) is 0 Å². The van der Waals surface area contributed by atoms with Crippen LogP contribution in [0.3, 0.4) is 0 Å². The fourth-order valence-corrected chi connectivity index (χ4v) is 15.1. The lowest BCUT2D eigenvalue weighted by Gasteiger charge is -2.41. The summed E-state index contributed by atoms with van der Waals surface area (Å²) in [5, 5.41) is 9.56. The Morgan fingerprint density at radius 1 is 0.171 bits per heavy atom. The molecule has 0 saturated carbocycles. The summed E-state index contributed by atoms with van der Waals surface area (Å²) in [6.07, 6.45) is 0. The van der Waals surface area contributed by atoms with E-state index in [2.05, 4.69) is 279 Å². The number of hydrogen-bond donors (Lipinski definition) is 0. The van der Waals surface area contributed by atoms with Gasteiger partial charge in [-0.3, -0.25) is 0 Å². The van der Waals surface area contributed by atoms with Crippen LogP contribution in [-0.2, 0) is 31.9 Å². The minimum Gasteiger partial charge on any atom is -0.340 e. The number of hydrogen-bond acceptors (Lipinski definition) is 2. The van der Waals surface area contributed by atoms with E-state index in [1.165, 1.54) is 65.3 Å². The van der Waals surface area contributed by atoms with Crippen LogP contribution in [0.5, 0.6) is 0 Å². The summed E-state index contributed by atoms with van der Waals surface area (Å²) in [7, 11) is 0. The van der Waals surface area contributed by atoms with Crippen molar-refractivity contribution in [3.8, 4) is 22.3 Å². The Hall–Kier alpha value is -9.18. The fraction of sp³-hybridized carbons (Fsp3) is 0.0541. The van der Waals surface area contributed by atoms with Crippen LogP contribution in [0.15, 0.2) is 279 Å². The van der Waals surface area contributed by atoms with Gasteiger partial charge in [0, 0.05) is 44.5 Å². The molecule has 4 heterocycles. The average Bonchev–Trinajstić information content (AvgIpc) is 2.05. The van der Waals surface area contributed by atoms with Gasteiger partial charge in [0.1, 0.15) is 22.4 Å². The summed E-state index contributed by atoms with van der Waals surface area (Å²) in [6, 6.07) is 103. The molecule has 0 fully saturated rings. The molecule has 0 unspecified atom stereocenters. The highest BCUT2D eigenvalue weighted by Crippen LogP contribution is 2.78. The van der Waals surface area contributed by atoms with Gasteiger partial charge in [-0.15, -0.1) is 0 Å². The van der Waals surface area contributed by atoms with Crippen molar-refractivity contribution in [2.75, 3.05) is 0 Å². The van der Waals surface area contributed by atoms with Crippen LogP contribution < -0.4 is 0 Å². The number of fused-ring (bicyclic) bond motifs is 26. The van der Waals surface area contributed by atoms with Crippen molar-refractivity contribution in [2.45, 2.75) is 22.4 Å². The Bertz CT molecular complexity index is 4010. The van der Waals surface area contributed by atoms with Gasteiger partial charge in [-0.25, -0.2) is 0 Å². The molecule has 0 aliphatic carbocycles. The Morgan fingerprint density at radius 2 is 0.355 bits per heavy atom. The minimum absolute atomic E-state index is 1.08. The van der Waals surface area contributed by atoms with E-state index in [9.17, 15) is 0 Å². The SMILES string of the molecule is c1ccc(-c2c3c(c(-c4ccccc4)c4c2[C@@]2(c5ccccc5)O[C@]4(c4ccccc4)c4c2c2ccccc2c2ccccc42)[C@]2(c4ccccc4)O[C@@]3(c3ccccc3)c3c2c2ccccc2c2ccccc32)cc1. The van der Waals surface area contributed by atoms with Crippen LogP contribution in [0.25, 0.3) is 65.3 Å². The maximum Gasteiger partial charge on any atom is 0.147 e. The van der Waals surface area contributed by atoms with Crippen molar-refractivity contribution in [3.05, 3.63) is 346 Å². The maximum absolute atomic E-state index is 8.82. The van der Waals surface area contributed by atoms with Crippen LogP contribution in [0.2, 0.25) is 0 Å². The maximum atomic E-state index is 8.82. The van der Waals surface area contributed by atoms with Crippen molar-refractivity contribution in [1.82, 2.24) is 0 Å². The molecule has 4 aliphatic heterocycles. The lowest BCUT2D eigenvalue weighted by molar-refractivity contribution is -0.0281. The molecule has 354 valence electrons. The molecule has 76 heavy (non-hydrogen) atoms. The first-order valence-electron chi connectivity index (χ1n) is 26.6. The van der Waals surface area contributed by atoms with E-state index in [0.29, 0.717) is 0 Å². The van der Waals surface area contributed by atoms with E-state index < -0.39 is 22.4 Å². The molecule has 17 rings (SSSR count). The summed E-state index contributed by atoms with van der Waals surface area (Å²) < 4.78 is 17.6. The second kappa shape index (κ2) is 15.2. The van der Waals surface area contributed by atoms with Gasteiger partial charge in [-0.05, 0) is 87.6 Å². The Kier molecular flexibility index (Phi) is 8.45. The third-order valence-electron chi connectivity index (χ3n) is 17.6. The summed E-state index contributed by atoms with van der Waals surface area (Å²) in [6.45, 7) is 0. The Labute approximate surface area is 440 Å². The zero-order valence-electron chi connectivity index (χ0n) is 41.4. The molecular formula is C74H46O2. The van der Waals surface area contributed by atoms with Gasteiger partial charge in [0.2, 0.25) is 0 Å². The fourth-order valence-electron chi connectivity index (χ4n) is 15.1. The molecule has 4 atom stereocenters. The topological polar surface area (TPSA) is 18.5 Å². The third kappa shape index (κ3) is 4.96. The summed E-state index contributed by atoms with van der Waals surface area (Å²) >= 11 is 0. The molecule has 13 aromatic carbocycles. The Morgan fingerprint density at radius 3 is 0.579 bits per heavy atom. The predicted molar refractivity (Wildman–Crippen MR) is 308 cm³/mol. The zero-order valence-corrected chi connectivity index (χ0v) is 41.4. The highest BCUT2D eigenvalue weighted by molar-refractivity contribution is 6.16. The summed E-state index contributed by atoms with van der Waals surface area (Å²) in [4.78, 5) is 0. The quantitative estimate of drug-likeness (QED) is 0.155. The molecule has 0 saturated heterocycles. The van der Waals surface area contributed by atoms with E-state index in [1.54, 1.807) is 0 Å². The lowest BCUT2D eigenvalue weighted by atomic mass is 9.56. The Balaban J connectivity index is 1.23. The molecule has 2 heteroatoms. The van der Waals surface area contributed by atoms with Crippen molar-refractivity contribution >= 4 is 43.1 Å². The molecule has 0 aromatic heterocycles. The highest BCUT2D eigenvalue weighted by atomic mass is 16.5. The second-order valence-electron chi connectivity index (χ2n) is 21.1. The first-order valence-corrected chi connectivity index (χ1v) is 26.6. The molecule has 0 radical (unpaired) electrons. The normalized spacial score (nSPS) is 21.3. The van der Waals surface area contributed by atoms with E-state index >= 15 is 0 Å². The summed E-state index contributed by atoms with van der Waals surface area (Å²) in [5.41, 5.74) is 13.6. The molecule has 13 aromatic rings. The molecule has 4 bridgehead atoms. The smallest absolute Gasteiger partial charge is 0.147 e. The molecule has 2 nitrogen and oxygen atoms in total. The van der Waals surface area contributed by atoms with Crippen LogP contribution >= 0.6 is 0 Å². The molecule has 0 N–H and O–H groups in total. The van der Waals surface area contributed by atoms with E-state index in [4.69, 9.17) is 9.47 Å². The van der Waals surface area contributed by atoms with Gasteiger partial charge >= 0.3 is 0 Å². The predicted octanol–water partition coefficient (Wildman–Crippen LogP) is 17.5. The molecule has 0 spiro atoms. The number of rotatable bonds is 6.